The monoisotopic (exact) mass is 404 g/mol. The molecule has 0 N–H and O–H groups in total. The summed E-state index contributed by atoms with van der Waals surface area (Å²) in [7, 11) is 2.02. The van der Waals surface area contributed by atoms with Gasteiger partial charge in [0.05, 0.1) is 22.8 Å². The smallest absolute Gasteiger partial charge is 0.190 e. The first-order valence-corrected chi connectivity index (χ1v) is 9.97. The second-order valence-electron chi connectivity index (χ2n) is 6.13. The van der Waals surface area contributed by atoms with Crippen LogP contribution in [0.15, 0.2) is 99.5 Å². The second-order valence-corrected chi connectivity index (χ2v) is 7.41. The maximum atomic E-state index is 5.98. The molecule has 1 heterocycles. The van der Waals surface area contributed by atoms with Crippen LogP contribution in [0.1, 0.15) is 0 Å². The molecular formula is C22H17ClN4S. The predicted molar refractivity (Wildman–Crippen MR) is 116 cm³/mol. The van der Waals surface area contributed by atoms with E-state index >= 15 is 0 Å². The molecule has 138 valence electrons. The van der Waals surface area contributed by atoms with Crippen LogP contribution in [0.4, 0.5) is 17.1 Å². The van der Waals surface area contributed by atoms with Gasteiger partial charge in [-0.15, -0.1) is 11.3 Å². The minimum atomic E-state index is 0.732. The molecule has 4 rings (SSSR count). The molecule has 0 atom stereocenters. The van der Waals surface area contributed by atoms with Crippen molar-refractivity contribution in [3.63, 3.8) is 0 Å². The molecular weight excluding hydrogens is 388 g/mol. The van der Waals surface area contributed by atoms with Gasteiger partial charge in [0.15, 0.2) is 4.80 Å². The van der Waals surface area contributed by atoms with Gasteiger partial charge in [0.25, 0.3) is 0 Å². The number of hydrogen-bond donors (Lipinski definition) is 0. The fourth-order valence-electron chi connectivity index (χ4n) is 2.67. The maximum Gasteiger partial charge on any atom is 0.190 e. The van der Waals surface area contributed by atoms with Crippen LogP contribution in [0.2, 0.25) is 5.02 Å². The molecule has 0 bridgehead atoms. The number of thiazole rings is 1. The number of azo groups is 1. The molecule has 1 aromatic heterocycles. The summed E-state index contributed by atoms with van der Waals surface area (Å²) in [5.74, 6) is 0. The van der Waals surface area contributed by atoms with E-state index in [9.17, 15) is 0 Å². The fraction of sp³-hybridized carbons (Fsp3) is 0.0455. The van der Waals surface area contributed by atoms with Crippen molar-refractivity contribution in [2.75, 3.05) is 0 Å². The van der Waals surface area contributed by atoms with Gasteiger partial charge in [-0.25, -0.2) is 4.99 Å². The lowest BCUT2D eigenvalue weighted by Gasteiger charge is -2.03. The van der Waals surface area contributed by atoms with Crippen LogP contribution in [0, 0.1) is 0 Å². The number of rotatable bonds is 4. The number of aromatic nitrogens is 1. The quantitative estimate of drug-likeness (QED) is 0.327. The Morgan fingerprint density at radius 3 is 2.04 bits per heavy atom. The van der Waals surface area contributed by atoms with Crippen LogP contribution in [0.3, 0.4) is 0 Å². The first-order valence-electron chi connectivity index (χ1n) is 8.71. The van der Waals surface area contributed by atoms with Crippen LogP contribution >= 0.6 is 22.9 Å². The van der Waals surface area contributed by atoms with Gasteiger partial charge in [-0.3, -0.25) is 0 Å². The van der Waals surface area contributed by atoms with Gasteiger partial charge in [-0.1, -0.05) is 41.9 Å². The van der Waals surface area contributed by atoms with E-state index in [0.29, 0.717) is 0 Å². The molecule has 0 spiro atoms. The van der Waals surface area contributed by atoms with Crippen molar-refractivity contribution in [2.24, 2.45) is 22.3 Å². The first kappa shape index (κ1) is 18.3. The topological polar surface area (TPSA) is 42.0 Å². The summed E-state index contributed by atoms with van der Waals surface area (Å²) < 4.78 is 2.08. The highest BCUT2D eigenvalue weighted by atomic mass is 35.5. The minimum absolute atomic E-state index is 0.732. The lowest BCUT2D eigenvalue weighted by Crippen LogP contribution is -2.10. The highest BCUT2D eigenvalue weighted by molar-refractivity contribution is 7.07. The Balaban J connectivity index is 1.56. The standard InChI is InChI=1S/C22H17ClN4S/c1-27-21(16-7-9-17(23)10-8-16)15-28-22(27)24-18-11-13-20(14-12-18)26-25-19-5-3-2-4-6-19/h2-15H,1H3. The van der Waals surface area contributed by atoms with Crippen molar-refractivity contribution in [1.82, 2.24) is 4.57 Å². The summed E-state index contributed by atoms with van der Waals surface area (Å²) in [5, 5.41) is 11.3. The van der Waals surface area contributed by atoms with Crippen molar-refractivity contribution >= 4 is 40.0 Å². The normalized spacial score (nSPS) is 12.0. The molecule has 0 unspecified atom stereocenters. The van der Waals surface area contributed by atoms with Crippen LogP contribution < -0.4 is 4.80 Å². The molecule has 4 aromatic rings. The largest absolute Gasteiger partial charge is 0.320 e. The van der Waals surface area contributed by atoms with Crippen molar-refractivity contribution in [2.45, 2.75) is 0 Å². The van der Waals surface area contributed by atoms with E-state index in [0.717, 1.165) is 38.1 Å². The summed E-state index contributed by atoms with van der Waals surface area (Å²) in [6, 6.07) is 25.2. The van der Waals surface area contributed by atoms with Crippen LogP contribution in [-0.2, 0) is 7.05 Å². The molecule has 0 amide bonds. The highest BCUT2D eigenvalue weighted by Crippen LogP contribution is 2.23. The second kappa shape index (κ2) is 8.33. The predicted octanol–water partition coefficient (Wildman–Crippen LogP) is 7.05. The molecule has 28 heavy (non-hydrogen) atoms. The lowest BCUT2D eigenvalue weighted by atomic mass is 10.2. The Kier molecular flexibility index (Phi) is 5.46. The molecule has 3 aromatic carbocycles. The third kappa shape index (κ3) is 4.27. The molecule has 0 saturated carbocycles. The molecule has 0 aliphatic heterocycles. The third-order valence-corrected chi connectivity index (χ3v) is 5.34. The van der Waals surface area contributed by atoms with Crippen LogP contribution in [0.25, 0.3) is 11.3 Å². The van der Waals surface area contributed by atoms with E-state index in [1.807, 2.05) is 85.9 Å². The Morgan fingerprint density at radius 1 is 0.750 bits per heavy atom. The Hall–Kier alpha value is -3.02. The van der Waals surface area contributed by atoms with E-state index in [1.54, 1.807) is 11.3 Å². The van der Waals surface area contributed by atoms with Gasteiger partial charge in [-0.2, -0.15) is 10.2 Å². The van der Waals surface area contributed by atoms with Crippen molar-refractivity contribution < 1.29 is 0 Å². The van der Waals surface area contributed by atoms with E-state index in [1.165, 1.54) is 0 Å². The number of hydrogen-bond acceptors (Lipinski definition) is 4. The molecule has 0 aliphatic rings. The Labute approximate surface area is 172 Å². The third-order valence-electron chi connectivity index (χ3n) is 4.18. The molecule has 0 fully saturated rings. The lowest BCUT2D eigenvalue weighted by molar-refractivity contribution is 0.883. The van der Waals surface area contributed by atoms with E-state index < -0.39 is 0 Å². The van der Waals surface area contributed by atoms with Crippen LogP contribution in [-0.4, -0.2) is 4.57 Å². The van der Waals surface area contributed by atoms with Crippen LogP contribution in [0.5, 0.6) is 0 Å². The van der Waals surface area contributed by atoms with Crippen molar-refractivity contribution in [1.29, 1.82) is 0 Å². The summed E-state index contributed by atoms with van der Waals surface area (Å²) >= 11 is 7.59. The van der Waals surface area contributed by atoms with Gasteiger partial charge in [0.1, 0.15) is 0 Å². The zero-order valence-electron chi connectivity index (χ0n) is 15.2. The molecule has 4 nitrogen and oxygen atoms in total. The SMILES string of the molecule is Cn1c(-c2ccc(Cl)cc2)csc1=Nc1ccc(N=Nc2ccccc2)cc1. The average molecular weight is 405 g/mol. The molecule has 0 aliphatic carbocycles. The fourth-order valence-corrected chi connectivity index (χ4v) is 3.72. The number of halogens is 1. The van der Waals surface area contributed by atoms with Gasteiger partial charge in [0, 0.05) is 17.5 Å². The summed E-state index contributed by atoms with van der Waals surface area (Å²) in [6.45, 7) is 0. The van der Waals surface area contributed by atoms with Gasteiger partial charge in [0.2, 0.25) is 0 Å². The van der Waals surface area contributed by atoms with Crippen molar-refractivity contribution in [3.05, 3.63) is 94.1 Å². The average Bonchev–Trinajstić information content (AvgIpc) is 3.09. The summed E-state index contributed by atoms with van der Waals surface area (Å²) in [6.07, 6.45) is 0. The molecule has 0 saturated heterocycles. The van der Waals surface area contributed by atoms with Gasteiger partial charge in [-0.05, 0) is 54.1 Å². The van der Waals surface area contributed by atoms with E-state index in [-0.39, 0.29) is 0 Å². The summed E-state index contributed by atoms with van der Waals surface area (Å²) in [5.41, 5.74) is 4.71. The van der Waals surface area contributed by atoms with Gasteiger partial charge < -0.3 is 4.57 Å². The van der Waals surface area contributed by atoms with Crippen molar-refractivity contribution in [3.8, 4) is 11.3 Å². The zero-order valence-corrected chi connectivity index (χ0v) is 16.7. The van der Waals surface area contributed by atoms with E-state index in [4.69, 9.17) is 16.6 Å². The van der Waals surface area contributed by atoms with Gasteiger partial charge >= 0.3 is 0 Å². The summed E-state index contributed by atoms with van der Waals surface area (Å²) in [4.78, 5) is 5.67. The first-order chi connectivity index (χ1) is 13.7. The highest BCUT2D eigenvalue weighted by Gasteiger charge is 2.04. The zero-order chi connectivity index (χ0) is 19.3. The molecule has 6 heteroatoms. The minimum Gasteiger partial charge on any atom is -0.320 e. The Bertz CT molecular complexity index is 1160. The molecule has 0 radical (unpaired) electrons. The maximum absolute atomic E-state index is 5.98. The van der Waals surface area contributed by atoms with E-state index in [2.05, 4.69) is 20.2 Å². The Morgan fingerprint density at radius 2 is 1.36 bits per heavy atom. The number of nitrogens with zero attached hydrogens (tertiary/aromatic N) is 4. The number of benzene rings is 3.